The van der Waals surface area contributed by atoms with Crippen LogP contribution in [0.25, 0.3) is 0 Å². The maximum absolute atomic E-state index is 11.2. The monoisotopic (exact) mass is 249 g/mol. The number of methoxy groups -OCH3 is 1. The highest BCUT2D eigenvalue weighted by molar-refractivity contribution is 5.77. The van der Waals surface area contributed by atoms with Crippen molar-refractivity contribution < 1.29 is 29.3 Å². The van der Waals surface area contributed by atoms with Crippen LogP contribution < -0.4 is 5.32 Å². The van der Waals surface area contributed by atoms with Crippen molar-refractivity contribution in [2.45, 2.75) is 18.9 Å². The Labute approximate surface area is 99.7 Å². The molecule has 7 nitrogen and oxygen atoms in total. The van der Waals surface area contributed by atoms with Gasteiger partial charge in [-0.3, -0.25) is 9.59 Å². The van der Waals surface area contributed by atoms with Crippen LogP contribution >= 0.6 is 0 Å². The first-order valence-corrected chi connectivity index (χ1v) is 5.15. The van der Waals surface area contributed by atoms with E-state index in [1.807, 2.05) is 0 Å². The van der Waals surface area contributed by atoms with Crippen LogP contribution in [-0.2, 0) is 19.1 Å². The minimum absolute atomic E-state index is 0.133. The van der Waals surface area contributed by atoms with Gasteiger partial charge in [-0.15, -0.1) is 0 Å². The standard InChI is InChI=1S/C10H19NO6/c1-10(15,5-9(13)14)7-11-8(12)6-17-4-3-16-2/h15H,3-7H2,1-2H3,(H,11,12)(H,13,14). The lowest BCUT2D eigenvalue weighted by Crippen LogP contribution is -2.43. The van der Waals surface area contributed by atoms with Crippen LogP contribution in [0.3, 0.4) is 0 Å². The molecule has 0 aromatic carbocycles. The van der Waals surface area contributed by atoms with Crippen LogP contribution in [0.2, 0.25) is 0 Å². The second kappa shape index (κ2) is 7.99. The second-order valence-electron chi connectivity index (χ2n) is 3.89. The van der Waals surface area contributed by atoms with Crippen LogP contribution in [-0.4, -0.2) is 61.2 Å². The molecule has 0 rings (SSSR count). The summed E-state index contributed by atoms with van der Waals surface area (Å²) in [6.07, 6.45) is -0.433. The molecule has 0 aromatic rings. The van der Waals surface area contributed by atoms with E-state index in [9.17, 15) is 14.7 Å². The van der Waals surface area contributed by atoms with Gasteiger partial charge in [0.25, 0.3) is 0 Å². The molecule has 0 radical (unpaired) electrons. The van der Waals surface area contributed by atoms with Crippen molar-refractivity contribution in [2.75, 3.05) is 33.5 Å². The lowest BCUT2D eigenvalue weighted by Gasteiger charge is -2.21. The maximum Gasteiger partial charge on any atom is 0.306 e. The number of carbonyl (C=O) groups excluding carboxylic acids is 1. The Morgan fingerprint density at radius 2 is 2.00 bits per heavy atom. The predicted octanol–water partition coefficient (Wildman–Crippen LogP) is -1.01. The van der Waals surface area contributed by atoms with Gasteiger partial charge in [-0.1, -0.05) is 0 Å². The SMILES string of the molecule is COCCOCC(=O)NCC(C)(O)CC(=O)O. The average molecular weight is 249 g/mol. The van der Waals surface area contributed by atoms with Gasteiger partial charge in [0, 0.05) is 13.7 Å². The van der Waals surface area contributed by atoms with Crippen molar-refractivity contribution >= 4 is 11.9 Å². The van der Waals surface area contributed by atoms with Crippen LogP contribution in [0.5, 0.6) is 0 Å². The Bertz CT molecular complexity index is 253. The average Bonchev–Trinajstić information content (AvgIpc) is 2.20. The van der Waals surface area contributed by atoms with Gasteiger partial charge in [0.1, 0.15) is 6.61 Å². The number of amides is 1. The quantitative estimate of drug-likeness (QED) is 0.452. The lowest BCUT2D eigenvalue weighted by atomic mass is 10.0. The molecule has 0 aliphatic rings. The summed E-state index contributed by atoms with van der Waals surface area (Å²) in [6, 6.07) is 0. The first-order chi connectivity index (χ1) is 7.87. The fraction of sp³-hybridized carbons (Fsp3) is 0.800. The molecule has 1 unspecified atom stereocenters. The van der Waals surface area contributed by atoms with E-state index in [4.69, 9.17) is 14.6 Å². The fourth-order valence-corrected chi connectivity index (χ4v) is 1.04. The highest BCUT2D eigenvalue weighted by Crippen LogP contribution is 2.06. The number of nitrogens with one attached hydrogen (secondary N) is 1. The summed E-state index contributed by atoms with van der Waals surface area (Å²) in [6.45, 7) is 1.75. The summed E-state index contributed by atoms with van der Waals surface area (Å²) in [5.41, 5.74) is -1.46. The summed E-state index contributed by atoms with van der Waals surface area (Å²) in [7, 11) is 1.52. The molecular formula is C10H19NO6. The Morgan fingerprint density at radius 3 is 2.53 bits per heavy atom. The molecule has 1 atom stereocenters. The minimum Gasteiger partial charge on any atom is -0.481 e. The Kier molecular flexibility index (Phi) is 7.44. The second-order valence-corrected chi connectivity index (χ2v) is 3.89. The summed E-state index contributed by atoms with van der Waals surface area (Å²) < 4.78 is 9.67. The van der Waals surface area contributed by atoms with Crippen molar-refractivity contribution in [1.29, 1.82) is 0 Å². The van der Waals surface area contributed by atoms with E-state index in [-0.39, 0.29) is 13.2 Å². The fourth-order valence-electron chi connectivity index (χ4n) is 1.04. The molecule has 0 aliphatic carbocycles. The number of hydrogen-bond acceptors (Lipinski definition) is 5. The van der Waals surface area contributed by atoms with E-state index >= 15 is 0 Å². The Balaban J connectivity index is 3.71. The van der Waals surface area contributed by atoms with E-state index in [2.05, 4.69) is 5.32 Å². The van der Waals surface area contributed by atoms with E-state index in [0.717, 1.165) is 0 Å². The number of hydrogen-bond donors (Lipinski definition) is 3. The largest absolute Gasteiger partial charge is 0.481 e. The van der Waals surface area contributed by atoms with Gasteiger partial charge in [0.05, 0.1) is 25.2 Å². The van der Waals surface area contributed by atoms with Crippen molar-refractivity contribution in [1.82, 2.24) is 5.32 Å². The third kappa shape index (κ3) is 9.73. The minimum atomic E-state index is -1.46. The van der Waals surface area contributed by atoms with Gasteiger partial charge in [-0.05, 0) is 6.92 Å². The molecule has 0 saturated heterocycles. The topological polar surface area (TPSA) is 105 Å². The maximum atomic E-state index is 11.2. The van der Waals surface area contributed by atoms with Gasteiger partial charge in [0.2, 0.25) is 5.91 Å². The highest BCUT2D eigenvalue weighted by Gasteiger charge is 2.24. The number of carboxylic acids is 1. The molecule has 3 N–H and O–H groups in total. The first kappa shape index (κ1) is 15.8. The number of carboxylic acid groups (broad SMARTS) is 1. The van der Waals surface area contributed by atoms with Gasteiger partial charge < -0.3 is 25.0 Å². The number of rotatable bonds is 9. The van der Waals surface area contributed by atoms with Crippen LogP contribution in [0.4, 0.5) is 0 Å². The van der Waals surface area contributed by atoms with Crippen molar-refractivity contribution in [3.05, 3.63) is 0 Å². The van der Waals surface area contributed by atoms with E-state index < -0.39 is 23.9 Å². The van der Waals surface area contributed by atoms with Crippen LogP contribution in [0, 0.1) is 0 Å². The van der Waals surface area contributed by atoms with Crippen molar-refractivity contribution in [2.24, 2.45) is 0 Å². The molecule has 0 heterocycles. The highest BCUT2D eigenvalue weighted by atomic mass is 16.5. The van der Waals surface area contributed by atoms with Crippen LogP contribution in [0.15, 0.2) is 0 Å². The molecule has 0 saturated carbocycles. The first-order valence-electron chi connectivity index (χ1n) is 5.15. The molecule has 0 spiro atoms. The molecule has 1 amide bonds. The van der Waals surface area contributed by atoms with Crippen molar-refractivity contribution in [3.63, 3.8) is 0 Å². The predicted molar refractivity (Wildman–Crippen MR) is 58.6 cm³/mol. The zero-order valence-electron chi connectivity index (χ0n) is 10.1. The summed E-state index contributed by atoms with van der Waals surface area (Å²) in [5.74, 6) is -1.53. The normalized spacial score (nSPS) is 14.1. The van der Waals surface area contributed by atoms with E-state index in [1.54, 1.807) is 0 Å². The molecule has 0 aromatic heterocycles. The molecule has 17 heavy (non-hydrogen) atoms. The van der Waals surface area contributed by atoms with Gasteiger partial charge >= 0.3 is 5.97 Å². The Morgan fingerprint density at radius 1 is 1.35 bits per heavy atom. The van der Waals surface area contributed by atoms with Crippen LogP contribution in [0.1, 0.15) is 13.3 Å². The number of ether oxygens (including phenoxy) is 2. The van der Waals surface area contributed by atoms with Gasteiger partial charge in [0.15, 0.2) is 0 Å². The van der Waals surface area contributed by atoms with E-state index in [1.165, 1.54) is 14.0 Å². The molecule has 0 aliphatic heterocycles. The molecular weight excluding hydrogens is 230 g/mol. The summed E-state index contributed by atoms with van der Waals surface area (Å²) >= 11 is 0. The van der Waals surface area contributed by atoms with Gasteiger partial charge in [-0.25, -0.2) is 0 Å². The molecule has 100 valence electrons. The van der Waals surface area contributed by atoms with Crippen molar-refractivity contribution in [3.8, 4) is 0 Å². The van der Waals surface area contributed by atoms with E-state index in [0.29, 0.717) is 13.2 Å². The zero-order valence-corrected chi connectivity index (χ0v) is 10.1. The number of carbonyl (C=O) groups is 2. The molecule has 0 bridgehead atoms. The zero-order chi connectivity index (χ0) is 13.3. The third-order valence-corrected chi connectivity index (χ3v) is 1.86. The summed E-state index contributed by atoms with van der Waals surface area (Å²) in [5, 5.41) is 20.5. The smallest absolute Gasteiger partial charge is 0.306 e. The summed E-state index contributed by atoms with van der Waals surface area (Å²) in [4.78, 5) is 21.6. The lowest BCUT2D eigenvalue weighted by molar-refractivity contribution is -0.142. The number of aliphatic hydroxyl groups is 1. The van der Waals surface area contributed by atoms with Gasteiger partial charge in [-0.2, -0.15) is 0 Å². The third-order valence-electron chi connectivity index (χ3n) is 1.86. The molecule has 0 fully saturated rings. The number of aliphatic carboxylic acids is 1. The molecule has 7 heteroatoms. The Hall–Kier alpha value is -1.18.